The molecule has 2 atom stereocenters. The number of likely N-dealkylation sites (tertiary alicyclic amines) is 1. The Bertz CT molecular complexity index is 1220. The summed E-state index contributed by atoms with van der Waals surface area (Å²) in [4.78, 5) is 34.1. The van der Waals surface area contributed by atoms with Gasteiger partial charge in [-0.05, 0) is 62.8 Å². The number of nitrogens with zero attached hydrogens (tertiary/aromatic N) is 2. The summed E-state index contributed by atoms with van der Waals surface area (Å²) < 4.78 is 0. The van der Waals surface area contributed by atoms with Crippen LogP contribution >= 0.6 is 11.6 Å². The fraction of sp³-hybridized carbons (Fsp3) is 0.407. The van der Waals surface area contributed by atoms with Crippen LogP contribution in [-0.4, -0.2) is 41.5 Å². The monoisotopic (exact) mass is 463 g/mol. The van der Waals surface area contributed by atoms with Crippen LogP contribution in [-0.2, 0) is 4.79 Å². The number of nitrogens with one attached hydrogen (secondary N) is 1. The number of anilines is 1. The molecular formula is C27H30ClN3O2. The van der Waals surface area contributed by atoms with Gasteiger partial charge >= 0.3 is 0 Å². The zero-order valence-corrected chi connectivity index (χ0v) is 19.8. The van der Waals surface area contributed by atoms with E-state index in [1.54, 1.807) is 6.07 Å². The van der Waals surface area contributed by atoms with Crippen molar-refractivity contribution in [3.63, 3.8) is 0 Å². The molecule has 2 aromatic carbocycles. The van der Waals surface area contributed by atoms with Gasteiger partial charge in [-0.2, -0.15) is 0 Å². The first-order chi connectivity index (χ1) is 16.0. The molecule has 3 heterocycles. The second kappa shape index (κ2) is 9.22. The summed E-state index contributed by atoms with van der Waals surface area (Å²) in [7, 11) is 0. The zero-order valence-electron chi connectivity index (χ0n) is 19.0. The first kappa shape index (κ1) is 22.0. The van der Waals surface area contributed by atoms with E-state index in [0.29, 0.717) is 23.3 Å². The number of amides is 1. The average Bonchev–Trinajstić information content (AvgIpc) is 2.84. The molecule has 0 aliphatic carbocycles. The molecule has 0 spiro atoms. The second-order valence-corrected chi connectivity index (χ2v) is 9.83. The van der Waals surface area contributed by atoms with Crippen molar-refractivity contribution < 1.29 is 4.79 Å². The van der Waals surface area contributed by atoms with Gasteiger partial charge in [0.2, 0.25) is 5.91 Å². The van der Waals surface area contributed by atoms with Gasteiger partial charge in [-0.15, -0.1) is 0 Å². The fourth-order valence-electron chi connectivity index (χ4n) is 5.50. The van der Waals surface area contributed by atoms with Crippen LogP contribution in [0.4, 0.5) is 5.69 Å². The lowest BCUT2D eigenvalue weighted by molar-refractivity contribution is -0.139. The summed E-state index contributed by atoms with van der Waals surface area (Å²) in [6.45, 7) is 4.33. The maximum absolute atomic E-state index is 13.4. The Morgan fingerprint density at radius 2 is 1.85 bits per heavy atom. The molecule has 2 aliphatic heterocycles. The lowest BCUT2D eigenvalue weighted by atomic mass is 9.92. The van der Waals surface area contributed by atoms with Crippen molar-refractivity contribution in [2.45, 2.75) is 45.1 Å². The van der Waals surface area contributed by atoms with Crippen LogP contribution in [0.2, 0.25) is 5.02 Å². The van der Waals surface area contributed by atoms with Crippen LogP contribution in [0.5, 0.6) is 0 Å². The lowest BCUT2D eigenvalue weighted by Crippen LogP contribution is -2.50. The number of rotatable bonds is 3. The molecule has 6 heteroatoms. The number of benzene rings is 2. The van der Waals surface area contributed by atoms with Crippen molar-refractivity contribution in [3.05, 3.63) is 63.9 Å². The van der Waals surface area contributed by atoms with Gasteiger partial charge in [-0.25, -0.2) is 0 Å². The molecule has 3 aromatic rings. The molecule has 0 radical (unpaired) electrons. The standard InChI is InChI=1S/C27H30ClN3O2/c1-18-8-5-6-15-31(18)27(33)20-11-7-14-30(17-20)25-24(19-9-3-2-4-10-19)22-16-21(28)12-13-23(22)29-26(25)32/h2-4,9-10,12-13,16,18,20H,5-8,11,14-15,17H2,1H3,(H,29,32)/t18-,20-/m0/s1. The number of aromatic amines is 1. The van der Waals surface area contributed by atoms with E-state index in [1.165, 1.54) is 6.42 Å². The van der Waals surface area contributed by atoms with Gasteiger partial charge in [0, 0.05) is 47.2 Å². The predicted molar refractivity (Wildman–Crippen MR) is 135 cm³/mol. The van der Waals surface area contributed by atoms with Crippen molar-refractivity contribution in [1.82, 2.24) is 9.88 Å². The quantitative estimate of drug-likeness (QED) is 0.560. The molecule has 33 heavy (non-hydrogen) atoms. The third-order valence-electron chi connectivity index (χ3n) is 7.19. The van der Waals surface area contributed by atoms with Gasteiger partial charge in [0.15, 0.2) is 0 Å². The summed E-state index contributed by atoms with van der Waals surface area (Å²) in [5.41, 5.74) is 3.14. The minimum Gasteiger partial charge on any atom is -0.366 e. The molecular weight excluding hydrogens is 434 g/mol. The van der Waals surface area contributed by atoms with Crippen LogP contribution in [0.15, 0.2) is 53.3 Å². The van der Waals surface area contributed by atoms with E-state index in [0.717, 1.165) is 60.8 Å². The Hall–Kier alpha value is -2.79. The number of carbonyl (C=O) groups is 1. The van der Waals surface area contributed by atoms with Crippen LogP contribution < -0.4 is 10.5 Å². The molecule has 5 rings (SSSR count). The predicted octanol–water partition coefficient (Wildman–Crippen LogP) is 5.47. The number of hydrogen-bond donors (Lipinski definition) is 1. The number of halogens is 1. The largest absolute Gasteiger partial charge is 0.366 e. The van der Waals surface area contributed by atoms with E-state index in [-0.39, 0.29) is 17.4 Å². The molecule has 1 amide bonds. The second-order valence-electron chi connectivity index (χ2n) is 9.40. The van der Waals surface area contributed by atoms with Crippen molar-refractivity contribution in [2.24, 2.45) is 5.92 Å². The smallest absolute Gasteiger partial charge is 0.272 e. The molecule has 1 N–H and O–H groups in total. The third kappa shape index (κ3) is 4.26. The highest BCUT2D eigenvalue weighted by Gasteiger charge is 2.34. The van der Waals surface area contributed by atoms with E-state index in [4.69, 9.17) is 11.6 Å². The third-order valence-corrected chi connectivity index (χ3v) is 7.42. The van der Waals surface area contributed by atoms with Crippen molar-refractivity contribution in [1.29, 1.82) is 0 Å². The Kier molecular flexibility index (Phi) is 6.15. The fourth-order valence-corrected chi connectivity index (χ4v) is 5.67. The van der Waals surface area contributed by atoms with Crippen molar-refractivity contribution in [2.75, 3.05) is 24.5 Å². The van der Waals surface area contributed by atoms with Gasteiger partial charge in [0.05, 0.1) is 5.92 Å². The van der Waals surface area contributed by atoms with Crippen LogP contribution in [0.1, 0.15) is 39.0 Å². The molecule has 2 fully saturated rings. The van der Waals surface area contributed by atoms with Gasteiger partial charge in [-0.3, -0.25) is 9.59 Å². The number of aromatic nitrogens is 1. The van der Waals surface area contributed by atoms with E-state index >= 15 is 0 Å². The van der Waals surface area contributed by atoms with Gasteiger partial charge in [0.25, 0.3) is 5.56 Å². The Morgan fingerprint density at radius 3 is 2.64 bits per heavy atom. The minimum absolute atomic E-state index is 0.0858. The van der Waals surface area contributed by atoms with Gasteiger partial charge in [0.1, 0.15) is 5.69 Å². The molecule has 2 aliphatic rings. The van der Waals surface area contributed by atoms with Crippen molar-refractivity contribution >= 4 is 34.1 Å². The Morgan fingerprint density at radius 1 is 1.03 bits per heavy atom. The summed E-state index contributed by atoms with van der Waals surface area (Å²) in [6.07, 6.45) is 5.11. The van der Waals surface area contributed by atoms with Crippen molar-refractivity contribution in [3.8, 4) is 11.1 Å². The lowest BCUT2D eigenvalue weighted by Gasteiger charge is -2.40. The zero-order chi connectivity index (χ0) is 22.9. The highest BCUT2D eigenvalue weighted by Crippen LogP contribution is 2.37. The van der Waals surface area contributed by atoms with E-state index in [1.807, 2.05) is 42.5 Å². The molecule has 2 saturated heterocycles. The van der Waals surface area contributed by atoms with E-state index < -0.39 is 0 Å². The van der Waals surface area contributed by atoms with Crippen LogP contribution in [0.25, 0.3) is 22.0 Å². The highest BCUT2D eigenvalue weighted by atomic mass is 35.5. The minimum atomic E-state index is -0.122. The van der Waals surface area contributed by atoms with E-state index in [9.17, 15) is 9.59 Å². The molecule has 0 saturated carbocycles. The SMILES string of the molecule is C[C@H]1CCCCN1C(=O)[C@H]1CCCN(c2c(-c3ccccc3)c3cc(Cl)ccc3[nH]c2=O)C1. The highest BCUT2D eigenvalue weighted by molar-refractivity contribution is 6.31. The summed E-state index contributed by atoms with van der Waals surface area (Å²) in [6, 6.07) is 15.9. The number of hydrogen-bond acceptors (Lipinski definition) is 3. The summed E-state index contributed by atoms with van der Waals surface area (Å²) in [5.74, 6) is 0.158. The number of pyridine rings is 1. The maximum atomic E-state index is 13.4. The number of H-pyrrole nitrogens is 1. The summed E-state index contributed by atoms with van der Waals surface area (Å²) in [5, 5.41) is 1.55. The first-order valence-electron chi connectivity index (χ1n) is 12.0. The number of carbonyl (C=O) groups excluding carboxylic acids is 1. The van der Waals surface area contributed by atoms with E-state index in [2.05, 4.69) is 21.7 Å². The number of fused-ring (bicyclic) bond motifs is 1. The van der Waals surface area contributed by atoms with Crippen LogP contribution in [0.3, 0.4) is 0 Å². The number of piperidine rings is 2. The summed E-state index contributed by atoms with van der Waals surface area (Å²) >= 11 is 6.36. The first-order valence-corrected chi connectivity index (χ1v) is 12.4. The molecule has 1 aromatic heterocycles. The topological polar surface area (TPSA) is 56.4 Å². The molecule has 0 bridgehead atoms. The maximum Gasteiger partial charge on any atom is 0.272 e. The normalized spacial score (nSPS) is 21.4. The Balaban J connectivity index is 1.57. The molecule has 0 unspecified atom stereocenters. The van der Waals surface area contributed by atoms with Crippen LogP contribution in [0, 0.1) is 5.92 Å². The Labute approximate surface area is 199 Å². The van der Waals surface area contributed by atoms with Gasteiger partial charge in [-0.1, -0.05) is 41.9 Å². The van der Waals surface area contributed by atoms with Gasteiger partial charge < -0.3 is 14.8 Å². The average molecular weight is 464 g/mol. The molecule has 172 valence electrons. The molecule has 5 nitrogen and oxygen atoms in total.